The van der Waals surface area contributed by atoms with Crippen molar-refractivity contribution in [1.82, 2.24) is 4.90 Å². The lowest BCUT2D eigenvalue weighted by atomic mass is 10.0. The molecule has 2 aromatic carbocycles. The first-order valence-corrected chi connectivity index (χ1v) is 8.38. The molecule has 1 saturated heterocycles. The predicted molar refractivity (Wildman–Crippen MR) is 92.5 cm³/mol. The Hall–Kier alpha value is -2.17. The second kappa shape index (κ2) is 8.08. The van der Waals surface area contributed by atoms with E-state index in [-0.39, 0.29) is 6.04 Å². The van der Waals surface area contributed by atoms with E-state index in [9.17, 15) is 4.79 Å². The highest BCUT2D eigenvalue weighted by Gasteiger charge is 2.30. The van der Waals surface area contributed by atoms with Crippen LogP contribution in [0.5, 0.6) is 0 Å². The van der Waals surface area contributed by atoms with E-state index in [0.29, 0.717) is 13.0 Å². The number of carbonyl (C=O) groups is 1. The quantitative estimate of drug-likeness (QED) is 0.885. The molecule has 1 heterocycles. The molecule has 24 heavy (non-hydrogen) atoms. The number of rotatable bonds is 6. The summed E-state index contributed by atoms with van der Waals surface area (Å²) >= 11 is 0. The molecule has 4 heteroatoms. The van der Waals surface area contributed by atoms with E-state index in [0.717, 1.165) is 19.5 Å². The largest absolute Gasteiger partial charge is 0.479 e. The van der Waals surface area contributed by atoms with Crippen LogP contribution < -0.4 is 0 Å². The molecule has 1 fully saturated rings. The summed E-state index contributed by atoms with van der Waals surface area (Å²) in [6.45, 7) is 2.14. The highest BCUT2D eigenvalue weighted by atomic mass is 16.5. The summed E-state index contributed by atoms with van der Waals surface area (Å²) in [5.41, 5.74) is 2.52. The van der Waals surface area contributed by atoms with Gasteiger partial charge in [-0.1, -0.05) is 60.7 Å². The number of hydrogen-bond acceptors (Lipinski definition) is 3. The average Bonchev–Trinajstić information content (AvgIpc) is 2.63. The molecule has 1 unspecified atom stereocenters. The third-order valence-electron chi connectivity index (χ3n) is 4.50. The monoisotopic (exact) mass is 325 g/mol. The standard InChI is InChI=1S/C20H23NO3/c22-20(23)19-12-11-18(15-24-19)21(13-16-7-3-1-4-8-16)14-17-9-5-2-6-10-17/h1-10,18-19H,11-15H2,(H,22,23)/t18-,19?/m1/s1. The van der Waals surface area contributed by atoms with Crippen molar-refractivity contribution < 1.29 is 14.6 Å². The lowest BCUT2D eigenvalue weighted by Gasteiger charge is -2.36. The molecular formula is C20H23NO3. The van der Waals surface area contributed by atoms with Gasteiger partial charge in [0.05, 0.1) is 6.61 Å². The lowest BCUT2D eigenvalue weighted by Crippen LogP contribution is -2.44. The van der Waals surface area contributed by atoms with Gasteiger partial charge >= 0.3 is 5.97 Å². The van der Waals surface area contributed by atoms with Crippen LogP contribution in [0, 0.1) is 0 Å². The van der Waals surface area contributed by atoms with Crippen LogP contribution in [0.25, 0.3) is 0 Å². The molecule has 0 aromatic heterocycles. The average molecular weight is 325 g/mol. The molecule has 0 radical (unpaired) electrons. The van der Waals surface area contributed by atoms with E-state index in [1.54, 1.807) is 0 Å². The van der Waals surface area contributed by atoms with E-state index >= 15 is 0 Å². The molecule has 126 valence electrons. The summed E-state index contributed by atoms with van der Waals surface area (Å²) in [6, 6.07) is 21.0. The zero-order chi connectivity index (χ0) is 16.8. The maximum atomic E-state index is 11.1. The van der Waals surface area contributed by atoms with Crippen molar-refractivity contribution in [1.29, 1.82) is 0 Å². The van der Waals surface area contributed by atoms with Gasteiger partial charge in [0.2, 0.25) is 0 Å². The van der Waals surface area contributed by atoms with Crippen molar-refractivity contribution in [2.45, 2.75) is 38.1 Å². The highest BCUT2D eigenvalue weighted by Crippen LogP contribution is 2.22. The van der Waals surface area contributed by atoms with Crippen LogP contribution in [-0.2, 0) is 22.6 Å². The van der Waals surface area contributed by atoms with Crippen LogP contribution in [-0.4, -0.2) is 34.7 Å². The second-order valence-electron chi connectivity index (χ2n) is 6.27. The van der Waals surface area contributed by atoms with E-state index in [1.165, 1.54) is 11.1 Å². The van der Waals surface area contributed by atoms with Crippen LogP contribution in [0.3, 0.4) is 0 Å². The molecule has 3 rings (SSSR count). The van der Waals surface area contributed by atoms with Crippen molar-refractivity contribution >= 4 is 5.97 Å². The minimum Gasteiger partial charge on any atom is -0.479 e. The maximum Gasteiger partial charge on any atom is 0.332 e. The number of ether oxygens (including phenoxy) is 1. The van der Waals surface area contributed by atoms with Gasteiger partial charge in [0.25, 0.3) is 0 Å². The van der Waals surface area contributed by atoms with Gasteiger partial charge < -0.3 is 9.84 Å². The molecule has 0 bridgehead atoms. The fourth-order valence-electron chi connectivity index (χ4n) is 3.17. The van der Waals surface area contributed by atoms with Crippen molar-refractivity contribution in [3.05, 3.63) is 71.8 Å². The number of nitrogens with zero attached hydrogens (tertiary/aromatic N) is 1. The van der Waals surface area contributed by atoms with E-state index < -0.39 is 12.1 Å². The third-order valence-corrected chi connectivity index (χ3v) is 4.50. The van der Waals surface area contributed by atoms with Gasteiger partial charge in [-0.15, -0.1) is 0 Å². The van der Waals surface area contributed by atoms with Crippen LogP contribution in [0.4, 0.5) is 0 Å². The Morgan fingerprint density at radius 2 is 1.50 bits per heavy atom. The smallest absolute Gasteiger partial charge is 0.332 e. The third kappa shape index (κ3) is 4.43. The molecule has 2 atom stereocenters. The van der Waals surface area contributed by atoms with Gasteiger partial charge in [0, 0.05) is 19.1 Å². The normalized spacial score (nSPS) is 20.9. The van der Waals surface area contributed by atoms with Gasteiger partial charge in [-0.2, -0.15) is 0 Å². The Morgan fingerprint density at radius 1 is 0.958 bits per heavy atom. The van der Waals surface area contributed by atoms with E-state index in [1.807, 2.05) is 36.4 Å². The molecule has 0 spiro atoms. The van der Waals surface area contributed by atoms with Crippen LogP contribution in [0.1, 0.15) is 24.0 Å². The SMILES string of the molecule is O=C(O)C1CC[C@@H](N(Cc2ccccc2)Cc2ccccc2)CO1. The predicted octanol–water partition coefficient (Wildman–Crippen LogP) is 3.32. The number of carboxylic acid groups (broad SMARTS) is 1. The number of hydrogen-bond donors (Lipinski definition) is 1. The molecule has 2 aromatic rings. The molecule has 1 N–H and O–H groups in total. The van der Waals surface area contributed by atoms with E-state index in [2.05, 4.69) is 29.2 Å². The fraction of sp³-hybridized carbons (Fsp3) is 0.350. The highest BCUT2D eigenvalue weighted by molar-refractivity contribution is 5.72. The van der Waals surface area contributed by atoms with Crippen molar-refractivity contribution in [2.24, 2.45) is 0 Å². The van der Waals surface area contributed by atoms with E-state index in [4.69, 9.17) is 9.84 Å². The number of aliphatic carboxylic acids is 1. The second-order valence-corrected chi connectivity index (χ2v) is 6.27. The van der Waals surface area contributed by atoms with Crippen LogP contribution in [0.2, 0.25) is 0 Å². The molecule has 0 saturated carbocycles. The number of carboxylic acids is 1. The molecule has 0 aliphatic carbocycles. The fourth-order valence-corrected chi connectivity index (χ4v) is 3.17. The lowest BCUT2D eigenvalue weighted by molar-refractivity contribution is -0.156. The Kier molecular flexibility index (Phi) is 5.62. The molecule has 4 nitrogen and oxygen atoms in total. The Bertz CT molecular complexity index is 595. The summed E-state index contributed by atoms with van der Waals surface area (Å²) < 4.78 is 5.57. The summed E-state index contributed by atoms with van der Waals surface area (Å²) in [4.78, 5) is 13.5. The molecule has 1 aliphatic heterocycles. The molecular weight excluding hydrogens is 302 g/mol. The van der Waals surface area contributed by atoms with Gasteiger partial charge in [0.1, 0.15) is 0 Å². The van der Waals surface area contributed by atoms with Gasteiger partial charge in [-0.25, -0.2) is 4.79 Å². The minimum atomic E-state index is -0.855. The first kappa shape index (κ1) is 16.7. The van der Waals surface area contributed by atoms with Crippen LogP contribution in [0.15, 0.2) is 60.7 Å². The summed E-state index contributed by atoms with van der Waals surface area (Å²) in [5, 5.41) is 9.09. The Balaban J connectivity index is 1.71. The van der Waals surface area contributed by atoms with Crippen molar-refractivity contribution in [3.63, 3.8) is 0 Å². The van der Waals surface area contributed by atoms with Crippen molar-refractivity contribution in [3.8, 4) is 0 Å². The van der Waals surface area contributed by atoms with Crippen LogP contribution >= 0.6 is 0 Å². The first-order valence-electron chi connectivity index (χ1n) is 8.38. The van der Waals surface area contributed by atoms with Gasteiger partial charge in [-0.3, -0.25) is 4.90 Å². The van der Waals surface area contributed by atoms with Gasteiger partial charge in [0.15, 0.2) is 6.10 Å². The van der Waals surface area contributed by atoms with Gasteiger partial charge in [-0.05, 0) is 24.0 Å². The Morgan fingerprint density at radius 3 is 1.92 bits per heavy atom. The Labute approximate surface area is 142 Å². The first-order chi connectivity index (χ1) is 11.7. The van der Waals surface area contributed by atoms with Crippen molar-refractivity contribution in [2.75, 3.05) is 6.61 Å². The molecule has 0 amide bonds. The number of benzene rings is 2. The zero-order valence-corrected chi connectivity index (χ0v) is 13.7. The minimum absolute atomic E-state index is 0.237. The topological polar surface area (TPSA) is 49.8 Å². The zero-order valence-electron chi connectivity index (χ0n) is 13.7. The maximum absolute atomic E-state index is 11.1. The summed E-state index contributed by atoms with van der Waals surface area (Å²) in [5.74, 6) is -0.855. The summed E-state index contributed by atoms with van der Waals surface area (Å²) in [7, 11) is 0. The summed E-state index contributed by atoms with van der Waals surface area (Å²) in [6.07, 6.45) is 0.757. The molecule has 1 aliphatic rings.